The number of benzene rings is 2. The van der Waals surface area contributed by atoms with Gasteiger partial charge in [-0.15, -0.1) is 0 Å². The third kappa shape index (κ3) is 5.55. The molecule has 0 spiro atoms. The van der Waals surface area contributed by atoms with Crippen molar-refractivity contribution in [3.8, 4) is 0 Å². The Labute approximate surface area is 148 Å². The number of carbonyl (C=O) groups excluding carboxylic acids is 1. The minimum atomic E-state index is -3.55. The fourth-order valence-electron chi connectivity index (χ4n) is 2.22. The third-order valence-electron chi connectivity index (χ3n) is 3.53. The predicted molar refractivity (Wildman–Crippen MR) is 97.3 cm³/mol. The molecule has 0 bridgehead atoms. The molecular formula is C19H21NO4S. The minimum absolute atomic E-state index is 0.193. The molecule has 0 heterocycles. The number of hydrogen-bond acceptors (Lipinski definition) is 4. The normalized spacial score (nSPS) is 11.6. The lowest BCUT2D eigenvalue weighted by Gasteiger charge is -2.09. The number of esters is 1. The molecule has 2 rings (SSSR count). The van der Waals surface area contributed by atoms with Crippen LogP contribution in [0.1, 0.15) is 23.6 Å². The molecule has 0 saturated carbocycles. The number of rotatable bonds is 7. The monoisotopic (exact) mass is 359 g/mol. The SMILES string of the molecule is CCOC(=O)/C=C/c1ccc(CNS(=O)(=O)c2ccccc2C)cc1. The number of nitrogens with one attached hydrogen (secondary N) is 1. The van der Waals surface area contributed by atoms with Crippen LogP contribution in [-0.4, -0.2) is 21.0 Å². The van der Waals surface area contributed by atoms with Crippen LogP contribution < -0.4 is 4.72 Å². The second-order valence-electron chi connectivity index (χ2n) is 5.42. The van der Waals surface area contributed by atoms with Gasteiger partial charge in [-0.2, -0.15) is 0 Å². The fraction of sp³-hybridized carbons (Fsp3) is 0.211. The van der Waals surface area contributed by atoms with Gasteiger partial charge in [0.15, 0.2) is 0 Å². The van der Waals surface area contributed by atoms with Gasteiger partial charge in [0.2, 0.25) is 10.0 Å². The zero-order chi connectivity index (χ0) is 18.3. The molecule has 0 radical (unpaired) electrons. The molecule has 0 aliphatic rings. The Morgan fingerprint density at radius 3 is 2.44 bits per heavy atom. The van der Waals surface area contributed by atoms with E-state index in [9.17, 15) is 13.2 Å². The molecule has 0 saturated heterocycles. The van der Waals surface area contributed by atoms with Crippen molar-refractivity contribution in [3.63, 3.8) is 0 Å². The van der Waals surface area contributed by atoms with E-state index >= 15 is 0 Å². The highest BCUT2D eigenvalue weighted by Gasteiger charge is 2.15. The molecule has 5 nitrogen and oxygen atoms in total. The van der Waals surface area contributed by atoms with E-state index in [1.807, 2.05) is 24.3 Å². The van der Waals surface area contributed by atoms with Gasteiger partial charge in [0, 0.05) is 12.6 Å². The van der Waals surface area contributed by atoms with Crippen molar-refractivity contribution in [1.82, 2.24) is 4.72 Å². The highest BCUT2D eigenvalue weighted by molar-refractivity contribution is 7.89. The first-order chi connectivity index (χ1) is 11.9. The van der Waals surface area contributed by atoms with Crippen LogP contribution in [0.2, 0.25) is 0 Å². The lowest BCUT2D eigenvalue weighted by Crippen LogP contribution is -2.23. The molecular weight excluding hydrogens is 338 g/mol. The van der Waals surface area contributed by atoms with Gasteiger partial charge in [-0.25, -0.2) is 17.9 Å². The van der Waals surface area contributed by atoms with Gasteiger partial charge < -0.3 is 4.74 Å². The molecule has 0 aliphatic carbocycles. The molecule has 25 heavy (non-hydrogen) atoms. The van der Waals surface area contributed by atoms with Crippen molar-refractivity contribution in [3.05, 3.63) is 71.3 Å². The topological polar surface area (TPSA) is 72.5 Å². The molecule has 0 amide bonds. The maximum atomic E-state index is 12.4. The van der Waals surface area contributed by atoms with E-state index in [2.05, 4.69) is 4.72 Å². The Hall–Kier alpha value is -2.44. The van der Waals surface area contributed by atoms with E-state index in [-0.39, 0.29) is 11.4 Å². The van der Waals surface area contributed by atoms with Crippen LogP contribution in [0.5, 0.6) is 0 Å². The van der Waals surface area contributed by atoms with Crippen LogP contribution in [0.4, 0.5) is 0 Å². The smallest absolute Gasteiger partial charge is 0.330 e. The van der Waals surface area contributed by atoms with Crippen molar-refractivity contribution in [2.24, 2.45) is 0 Å². The average Bonchev–Trinajstić information content (AvgIpc) is 2.60. The molecule has 1 N–H and O–H groups in total. The number of sulfonamides is 1. The van der Waals surface area contributed by atoms with Gasteiger partial charge in [-0.1, -0.05) is 42.5 Å². The van der Waals surface area contributed by atoms with Crippen molar-refractivity contribution < 1.29 is 17.9 Å². The van der Waals surface area contributed by atoms with E-state index in [4.69, 9.17) is 4.74 Å². The van der Waals surface area contributed by atoms with Gasteiger partial charge >= 0.3 is 5.97 Å². The van der Waals surface area contributed by atoms with Crippen LogP contribution in [-0.2, 0) is 26.1 Å². The maximum absolute atomic E-state index is 12.4. The highest BCUT2D eigenvalue weighted by Crippen LogP contribution is 2.14. The van der Waals surface area contributed by atoms with E-state index in [0.717, 1.165) is 11.1 Å². The predicted octanol–water partition coefficient (Wildman–Crippen LogP) is 3.05. The van der Waals surface area contributed by atoms with Crippen molar-refractivity contribution >= 4 is 22.1 Å². The molecule has 6 heteroatoms. The van der Waals surface area contributed by atoms with Crippen LogP contribution in [0.15, 0.2) is 59.5 Å². The van der Waals surface area contributed by atoms with Crippen LogP contribution in [0, 0.1) is 6.92 Å². The van der Waals surface area contributed by atoms with Crippen molar-refractivity contribution in [1.29, 1.82) is 0 Å². The average molecular weight is 359 g/mol. The van der Waals surface area contributed by atoms with Crippen molar-refractivity contribution in [2.75, 3.05) is 6.61 Å². The van der Waals surface area contributed by atoms with Gasteiger partial charge in [0.25, 0.3) is 0 Å². The second kappa shape index (κ2) is 8.60. The Morgan fingerprint density at radius 2 is 1.80 bits per heavy atom. The van der Waals surface area contributed by atoms with Gasteiger partial charge in [0.1, 0.15) is 0 Å². The Kier molecular flexibility index (Phi) is 6.50. The largest absolute Gasteiger partial charge is 0.463 e. The van der Waals surface area contributed by atoms with Gasteiger partial charge in [0.05, 0.1) is 11.5 Å². The fourth-order valence-corrected chi connectivity index (χ4v) is 3.48. The van der Waals surface area contributed by atoms with Gasteiger partial charge in [-0.3, -0.25) is 0 Å². The summed E-state index contributed by atoms with van der Waals surface area (Å²) in [5, 5.41) is 0. The summed E-state index contributed by atoms with van der Waals surface area (Å²) >= 11 is 0. The molecule has 0 atom stereocenters. The minimum Gasteiger partial charge on any atom is -0.463 e. The van der Waals surface area contributed by atoms with Crippen LogP contribution in [0.25, 0.3) is 6.08 Å². The summed E-state index contributed by atoms with van der Waals surface area (Å²) < 4.78 is 32.1. The molecule has 132 valence electrons. The Balaban J connectivity index is 2.00. The molecule has 2 aromatic rings. The lowest BCUT2D eigenvalue weighted by molar-refractivity contribution is -0.137. The third-order valence-corrected chi connectivity index (χ3v) is 5.09. The zero-order valence-corrected chi connectivity index (χ0v) is 15.0. The lowest BCUT2D eigenvalue weighted by atomic mass is 10.1. The van der Waals surface area contributed by atoms with E-state index in [0.29, 0.717) is 12.2 Å². The Morgan fingerprint density at radius 1 is 1.12 bits per heavy atom. The van der Waals surface area contributed by atoms with Crippen molar-refractivity contribution in [2.45, 2.75) is 25.3 Å². The second-order valence-corrected chi connectivity index (χ2v) is 7.15. The molecule has 2 aromatic carbocycles. The first-order valence-corrected chi connectivity index (χ1v) is 9.40. The first-order valence-electron chi connectivity index (χ1n) is 7.91. The molecule has 0 aliphatic heterocycles. The summed E-state index contributed by atoms with van der Waals surface area (Å²) in [5.74, 6) is -0.391. The van der Waals surface area contributed by atoms with Gasteiger partial charge in [-0.05, 0) is 42.7 Å². The zero-order valence-electron chi connectivity index (χ0n) is 14.2. The quantitative estimate of drug-likeness (QED) is 0.609. The van der Waals surface area contributed by atoms with E-state index < -0.39 is 16.0 Å². The summed E-state index contributed by atoms with van der Waals surface area (Å²) in [7, 11) is -3.55. The summed E-state index contributed by atoms with van der Waals surface area (Å²) in [6.45, 7) is 4.04. The Bertz CT molecular complexity index is 855. The highest BCUT2D eigenvalue weighted by atomic mass is 32.2. The van der Waals surface area contributed by atoms with Crippen LogP contribution >= 0.6 is 0 Å². The number of hydrogen-bond donors (Lipinski definition) is 1. The number of ether oxygens (including phenoxy) is 1. The summed E-state index contributed by atoms with van der Waals surface area (Å²) in [5.41, 5.74) is 2.36. The first kappa shape index (κ1) is 18.9. The molecule has 0 fully saturated rings. The van der Waals surface area contributed by atoms with E-state index in [1.165, 1.54) is 6.08 Å². The molecule has 0 unspecified atom stereocenters. The number of carbonyl (C=O) groups is 1. The molecule has 0 aromatic heterocycles. The number of aryl methyl sites for hydroxylation is 1. The summed E-state index contributed by atoms with van der Waals surface area (Å²) in [6, 6.07) is 14.1. The maximum Gasteiger partial charge on any atom is 0.330 e. The van der Waals surface area contributed by atoms with E-state index in [1.54, 1.807) is 44.2 Å². The summed E-state index contributed by atoms with van der Waals surface area (Å²) in [4.78, 5) is 11.6. The van der Waals surface area contributed by atoms with Crippen LogP contribution in [0.3, 0.4) is 0 Å². The standard InChI is InChI=1S/C19H21NO4S/c1-3-24-19(21)13-12-16-8-10-17(11-9-16)14-20-25(22,23)18-7-5-4-6-15(18)2/h4-13,20H,3,14H2,1-2H3/b13-12+. The summed E-state index contributed by atoms with van der Waals surface area (Å²) in [6.07, 6.45) is 3.01.